The number of aliphatic hydroxyl groups excluding tert-OH is 1. The van der Waals surface area contributed by atoms with Gasteiger partial charge in [0.15, 0.2) is 0 Å². The van der Waals surface area contributed by atoms with Gasteiger partial charge in [-0.25, -0.2) is 0 Å². The lowest BCUT2D eigenvalue weighted by Gasteiger charge is -2.43. The van der Waals surface area contributed by atoms with Gasteiger partial charge in [-0.3, -0.25) is 14.4 Å². The summed E-state index contributed by atoms with van der Waals surface area (Å²) in [5.74, 6) is -2.53. The summed E-state index contributed by atoms with van der Waals surface area (Å²) in [6, 6.07) is -1.45. The summed E-state index contributed by atoms with van der Waals surface area (Å²) in [7, 11) is 0. The highest BCUT2D eigenvalue weighted by atomic mass is 16.6. The van der Waals surface area contributed by atoms with Crippen molar-refractivity contribution in [1.29, 1.82) is 0 Å². The highest BCUT2D eigenvalue weighted by molar-refractivity contribution is 5.98. The molecule has 190 valence electrons. The van der Waals surface area contributed by atoms with Crippen LogP contribution >= 0.6 is 0 Å². The Balaban J connectivity index is 2.01. The average Bonchev–Trinajstić information content (AvgIpc) is 3.42. The van der Waals surface area contributed by atoms with Crippen molar-refractivity contribution in [3.05, 3.63) is 25.3 Å². The summed E-state index contributed by atoms with van der Waals surface area (Å²) >= 11 is 0. The number of rotatable bonds is 11. The number of ether oxygens (including phenoxy) is 2. The first-order valence-electron chi connectivity index (χ1n) is 12.4. The van der Waals surface area contributed by atoms with Crippen molar-refractivity contribution in [3.8, 4) is 0 Å². The van der Waals surface area contributed by atoms with E-state index in [-0.39, 0.29) is 25.0 Å². The highest BCUT2D eigenvalue weighted by Crippen LogP contribution is 2.59. The Morgan fingerprint density at radius 2 is 2.06 bits per heavy atom. The number of nitrogens with zero attached hydrogens (tertiary/aromatic N) is 2. The van der Waals surface area contributed by atoms with Crippen LogP contribution in [0.15, 0.2) is 25.3 Å². The molecule has 1 spiro atoms. The molecule has 34 heavy (non-hydrogen) atoms. The van der Waals surface area contributed by atoms with Gasteiger partial charge in [-0.05, 0) is 52.9 Å². The van der Waals surface area contributed by atoms with Crippen LogP contribution in [0.1, 0.15) is 59.8 Å². The maximum atomic E-state index is 14.1. The molecule has 0 saturated carbocycles. The Labute approximate surface area is 202 Å². The number of likely N-dealkylation sites (tertiary alicyclic amines) is 1. The van der Waals surface area contributed by atoms with Gasteiger partial charge in [-0.15, -0.1) is 13.2 Å². The van der Waals surface area contributed by atoms with E-state index in [0.717, 1.165) is 6.42 Å². The second-order valence-corrected chi connectivity index (χ2v) is 10.6. The molecule has 0 aliphatic carbocycles. The van der Waals surface area contributed by atoms with E-state index in [9.17, 15) is 19.5 Å². The van der Waals surface area contributed by atoms with Crippen LogP contribution in [0.4, 0.5) is 0 Å². The van der Waals surface area contributed by atoms with Crippen LogP contribution in [0.3, 0.4) is 0 Å². The number of allylic oxidation sites excluding steroid dienone is 1. The minimum absolute atomic E-state index is 0.240. The lowest BCUT2D eigenvalue weighted by Crippen LogP contribution is -2.61. The van der Waals surface area contributed by atoms with Gasteiger partial charge >= 0.3 is 5.97 Å². The van der Waals surface area contributed by atoms with Gasteiger partial charge in [0.25, 0.3) is 0 Å². The zero-order valence-electron chi connectivity index (χ0n) is 21.0. The third kappa shape index (κ3) is 4.31. The Kier molecular flexibility index (Phi) is 7.92. The van der Waals surface area contributed by atoms with Gasteiger partial charge in [-0.2, -0.15) is 0 Å². The molecule has 8 heteroatoms. The van der Waals surface area contributed by atoms with E-state index < -0.39 is 47.1 Å². The fourth-order valence-electron chi connectivity index (χ4n) is 5.91. The summed E-state index contributed by atoms with van der Waals surface area (Å²) in [4.78, 5) is 44.3. The number of hydrogen-bond acceptors (Lipinski definition) is 6. The Hall–Kier alpha value is -2.19. The van der Waals surface area contributed by atoms with E-state index in [1.165, 1.54) is 4.90 Å². The molecule has 6 atom stereocenters. The van der Waals surface area contributed by atoms with Crippen molar-refractivity contribution in [1.82, 2.24) is 9.80 Å². The van der Waals surface area contributed by atoms with Gasteiger partial charge < -0.3 is 24.4 Å². The number of aliphatic hydroxyl groups is 1. The summed E-state index contributed by atoms with van der Waals surface area (Å²) in [5, 5.41) is 10.1. The molecule has 3 rings (SSSR count). The quantitative estimate of drug-likeness (QED) is 0.280. The molecule has 2 unspecified atom stereocenters. The molecule has 3 saturated heterocycles. The summed E-state index contributed by atoms with van der Waals surface area (Å²) in [6.45, 7) is 15.4. The number of amides is 2. The number of esters is 1. The molecule has 1 N–H and O–H groups in total. The smallest absolute Gasteiger partial charge is 0.312 e. The van der Waals surface area contributed by atoms with Crippen LogP contribution in [-0.4, -0.2) is 81.8 Å². The molecule has 0 aromatic heterocycles. The van der Waals surface area contributed by atoms with Gasteiger partial charge in [0.1, 0.15) is 11.6 Å². The monoisotopic (exact) mass is 476 g/mol. The van der Waals surface area contributed by atoms with Crippen molar-refractivity contribution in [2.75, 3.05) is 19.8 Å². The normalized spacial score (nSPS) is 30.7. The van der Waals surface area contributed by atoms with Crippen LogP contribution in [-0.2, 0) is 23.9 Å². The van der Waals surface area contributed by atoms with Crippen LogP contribution in [0.5, 0.6) is 0 Å². The fraction of sp³-hybridized carbons (Fsp3) is 0.731. The van der Waals surface area contributed by atoms with E-state index in [0.29, 0.717) is 32.2 Å². The highest BCUT2D eigenvalue weighted by Gasteiger charge is 2.75. The second-order valence-electron chi connectivity index (χ2n) is 10.6. The SMILES string of the molecule is C=CCCCOC(=O)[C@@H]1[C@H]2C(=O)N([C@@H](CC)CO)C(C(=O)N(CC=C)C(C)(C)C)C23CC[C@H]1O3. The minimum Gasteiger partial charge on any atom is -0.465 e. The van der Waals surface area contributed by atoms with Crippen molar-refractivity contribution in [2.45, 2.75) is 89.1 Å². The fourth-order valence-corrected chi connectivity index (χ4v) is 5.91. The molecule has 3 heterocycles. The number of fused-ring (bicyclic) bond motifs is 1. The van der Waals surface area contributed by atoms with Gasteiger partial charge in [-0.1, -0.05) is 19.1 Å². The molecule has 3 fully saturated rings. The first-order chi connectivity index (χ1) is 16.1. The Bertz CT molecular complexity index is 817. The predicted octanol–water partition coefficient (Wildman–Crippen LogP) is 2.45. The van der Waals surface area contributed by atoms with Crippen LogP contribution in [0, 0.1) is 11.8 Å². The molecule has 2 amide bonds. The molecular weight excluding hydrogens is 436 g/mol. The number of carbonyl (C=O) groups excluding carboxylic acids is 3. The van der Waals surface area contributed by atoms with Gasteiger partial charge in [0.05, 0.1) is 37.2 Å². The molecule has 3 aliphatic heterocycles. The van der Waals surface area contributed by atoms with E-state index in [1.54, 1.807) is 17.1 Å². The number of hydrogen-bond donors (Lipinski definition) is 1. The standard InChI is InChI=1S/C26H40N2O6/c1-7-10-11-15-33-24(32)19-18-12-13-26(34-18)20(19)22(30)28(17(9-3)16-29)21(26)23(31)27(14-8-2)25(4,5)6/h7-8,17-21,29H,1-2,9-16H2,3-6H3/t17-,18+,19-,20-,21?,26?/m0/s1. The Morgan fingerprint density at radius 3 is 2.62 bits per heavy atom. The van der Waals surface area contributed by atoms with Gasteiger partial charge in [0, 0.05) is 12.1 Å². The van der Waals surface area contributed by atoms with Crippen molar-refractivity contribution in [2.24, 2.45) is 11.8 Å². The third-order valence-corrected chi connectivity index (χ3v) is 7.50. The third-order valence-electron chi connectivity index (χ3n) is 7.50. The first kappa shape index (κ1) is 26.4. The molecule has 3 aliphatic rings. The van der Waals surface area contributed by atoms with E-state index in [2.05, 4.69) is 13.2 Å². The molecule has 0 aromatic rings. The lowest BCUT2D eigenvalue weighted by molar-refractivity contribution is -0.157. The molecule has 0 radical (unpaired) electrons. The second kappa shape index (κ2) is 10.2. The number of carbonyl (C=O) groups is 3. The van der Waals surface area contributed by atoms with E-state index in [4.69, 9.17) is 9.47 Å². The molecule has 0 aromatic carbocycles. The topological polar surface area (TPSA) is 96.4 Å². The minimum atomic E-state index is -1.10. The van der Waals surface area contributed by atoms with E-state index in [1.807, 2.05) is 27.7 Å². The maximum Gasteiger partial charge on any atom is 0.312 e. The Morgan fingerprint density at radius 1 is 1.35 bits per heavy atom. The largest absolute Gasteiger partial charge is 0.465 e. The van der Waals surface area contributed by atoms with Crippen molar-refractivity contribution in [3.63, 3.8) is 0 Å². The average molecular weight is 477 g/mol. The van der Waals surface area contributed by atoms with E-state index >= 15 is 0 Å². The number of unbranched alkanes of at least 4 members (excludes halogenated alkanes) is 1. The summed E-state index contributed by atoms with van der Waals surface area (Å²) in [6.07, 6.45) is 5.95. The molecular formula is C26H40N2O6. The molecule has 8 nitrogen and oxygen atoms in total. The molecule has 2 bridgehead atoms. The van der Waals surface area contributed by atoms with Crippen molar-refractivity contribution < 1.29 is 29.0 Å². The zero-order chi connectivity index (χ0) is 25.3. The van der Waals surface area contributed by atoms with Gasteiger partial charge in [0.2, 0.25) is 11.8 Å². The summed E-state index contributed by atoms with van der Waals surface area (Å²) < 4.78 is 11.9. The van der Waals surface area contributed by atoms with Crippen molar-refractivity contribution >= 4 is 17.8 Å². The first-order valence-corrected chi connectivity index (χ1v) is 12.4. The van der Waals surface area contributed by atoms with Crippen LogP contribution < -0.4 is 0 Å². The van der Waals surface area contributed by atoms with Crippen LogP contribution in [0.25, 0.3) is 0 Å². The lowest BCUT2D eigenvalue weighted by atomic mass is 9.70. The predicted molar refractivity (Wildman–Crippen MR) is 128 cm³/mol. The maximum absolute atomic E-state index is 14.1. The van der Waals surface area contributed by atoms with Crippen LogP contribution in [0.2, 0.25) is 0 Å². The summed E-state index contributed by atoms with van der Waals surface area (Å²) in [5.41, 5.74) is -1.62. The zero-order valence-corrected chi connectivity index (χ0v) is 21.0.